The average Bonchev–Trinajstić information content (AvgIpc) is 2.95. The van der Waals surface area contributed by atoms with Gasteiger partial charge in [-0.05, 0) is 55.0 Å². The van der Waals surface area contributed by atoms with Crippen LogP contribution in [0.5, 0.6) is 11.5 Å². The molecule has 144 valence electrons. The fourth-order valence-corrected chi connectivity index (χ4v) is 3.82. The minimum Gasteiger partial charge on any atom is -0.497 e. The minimum absolute atomic E-state index is 0.250. The highest BCUT2D eigenvalue weighted by Crippen LogP contribution is 2.34. The van der Waals surface area contributed by atoms with Crippen LogP contribution < -0.4 is 14.9 Å². The average molecular weight is 415 g/mol. The van der Waals surface area contributed by atoms with Crippen molar-refractivity contribution in [3.05, 3.63) is 64.1 Å². The van der Waals surface area contributed by atoms with E-state index < -0.39 is 11.8 Å². The number of methoxy groups -OCH3 is 2. The van der Waals surface area contributed by atoms with Crippen LogP contribution in [0.2, 0.25) is 0 Å². The Morgan fingerprint density at radius 1 is 1.18 bits per heavy atom. The van der Waals surface area contributed by atoms with Crippen molar-refractivity contribution in [1.82, 2.24) is 10.4 Å². The van der Waals surface area contributed by atoms with Crippen molar-refractivity contribution in [2.45, 2.75) is 6.92 Å². The Hall–Kier alpha value is -2.84. The van der Waals surface area contributed by atoms with Gasteiger partial charge in [-0.1, -0.05) is 30.0 Å². The molecule has 0 atom stereocenters. The van der Waals surface area contributed by atoms with E-state index in [0.29, 0.717) is 27.5 Å². The number of carbonyl (C=O) groups is 2. The first kappa shape index (κ1) is 19.9. The van der Waals surface area contributed by atoms with Crippen molar-refractivity contribution >= 4 is 46.2 Å². The molecule has 1 fully saturated rings. The number of amides is 2. The van der Waals surface area contributed by atoms with E-state index in [0.717, 1.165) is 22.3 Å². The van der Waals surface area contributed by atoms with Gasteiger partial charge in [0.1, 0.15) is 11.5 Å². The predicted molar refractivity (Wildman–Crippen MR) is 113 cm³/mol. The number of carbonyl (C=O) groups excluding carboxylic acids is 2. The quantitative estimate of drug-likeness (QED) is 0.596. The van der Waals surface area contributed by atoms with Gasteiger partial charge in [0.05, 0.1) is 19.1 Å². The molecule has 6 nitrogen and oxygen atoms in total. The summed E-state index contributed by atoms with van der Waals surface area (Å²) in [6, 6.07) is 12.4. The Balaban J connectivity index is 1.85. The van der Waals surface area contributed by atoms with Crippen LogP contribution in [0, 0.1) is 6.92 Å². The molecule has 1 heterocycles. The first-order chi connectivity index (χ1) is 13.4. The van der Waals surface area contributed by atoms with Gasteiger partial charge in [0.25, 0.3) is 11.8 Å². The number of hydrogen-bond donors (Lipinski definition) is 1. The van der Waals surface area contributed by atoms with E-state index in [4.69, 9.17) is 21.7 Å². The van der Waals surface area contributed by atoms with Gasteiger partial charge in [0.15, 0.2) is 4.32 Å². The van der Waals surface area contributed by atoms with E-state index >= 15 is 0 Å². The van der Waals surface area contributed by atoms with Crippen LogP contribution in [0.15, 0.2) is 47.4 Å². The highest BCUT2D eigenvalue weighted by Gasteiger charge is 2.34. The van der Waals surface area contributed by atoms with Crippen molar-refractivity contribution in [1.29, 1.82) is 0 Å². The zero-order chi connectivity index (χ0) is 20.3. The van der Waals surface area contributed by atoms with Gasteiger partial charge in [-0.15, -0.1) is 0 Å². The first-order valence-corrected chi connectivity index (χ1v) is 9.53. The Kier molecular flexibility index (Phi) is 6.01. The summed E-state index contributed by atoms with van der Waals surface area (Å²) in [6.45, 7) is 1.83. The summed E-state index contributed by atoms with van der Waals surface area (Å²) in [5, 5.41) is 1.09. The number of hydrazine groups is 1. The molecule has 0 aromatic heterocycles. The molecule has 0 radical (unpaired) electrons. The maximum atomic E-state index is 12.8. The lowest BCUT2D eigenvalue weighted by atomic mass is 10.1. The molecular weight excluding hydrogens is 396 g/mol. The van der Waals surface area contributed by atoms with E-state index in [2.05, 4.69) is 5.43 Å². The van der Waals surface area contributed by atoms with E-state index in [1.807, 2.05) is 19.1 Å². The SMILES string of the molecule is COc1ccc(OC)c(/C=C2\SC(=S)N(NC(=O)c3ccccc3C)C2=O)c1. The number of ether oxygens (including phenoxy) is 2. The van der Waals surface area contributed by atoms with Crippen LogP contribution in [-0.4, -0.2) is 35.4 Å². The smallest absolute Gasteiger partial charge is 0.285 e. The number of nitrogens with one attached hydrogen (secondary N) is 1. The van der Waals surface area contributed by atoms with Crippen molar-refractivity contribution in [3.63, 3.8) is 0 Å². The van der Waals surface area contributed by atoms with Crippen molar-refractivity contribution in [2.75, 3.05) is 14.2 Å². The lowest BCUT2D eigenvalue weighted by Crippen LogP contribution is -2.45. The highest BCUT2D eigenvalue weighted by molar-refractivity contribution is 8.26. The third-order valence-corrected chi connectivity index (χ3v) is 5.42. The molecule has 28 heavy (non-hydrogen) atoms. The fraction of sp³-hybridized carbons (Fsp3) is 0.150. The molecule has 0 saturated carbocycles. The monoisotopic (exact) mass is 414 g/mol. The molecule has 1 aliphatic rings. The Labute approximate surface area is 172 Å². The fourth-order valence-electron chi connectivity index (χ4n) is 2.65. The van der Waals surface area contributed by atoms with Gasteiger partial charge in [-0.2, -0.15) is 5.01 Å². The van der Waals surface area contributed by atoms with Crippen LogP contribution in [0.1, 0.15) is 21.5 Å². The Morgan fingerprint density at radius 3 is 2.61 bits per heavy atom. The molecule has 2 aromatic carbocycles. The van der Waals surface area contributed by atoms with Gasteiger partial charge < -0.3 is 9.47 Å². The third-order valence-electron chi connectivity index (χ3n) is 4.12. The number of hydrogen-bond acceptors (Lipinski definition) is 6. The lowest BCUT2D eigenvalue weighted by Gasteiger charge is -2.16. The molecule has 1 aliphatic heterocycles. The van der Waals surface area contributed by atoms with Crippen LogP contribution in [0.4, 0.5) is 0 Å². The molecule has 3 rings (SSSR count). The molecule has 2 aromatic rings. The maximum absolute atomic E-state index is 12.8. The molecule has 0 bridgehead atoms. The topological polar surface area (TPSA) is 67.9 Å². The minimum atomic E-state index is -0.401. The van der Waals surface area contributed by atoms with Crippen LogP contribution in [0.3, 0.4) is 0 Å². The molecule has 8 heteroatoms. The normalized spacial score (nSPS) is 15.1. The Bertz CT molecular complexity index is 988. The van der Waals surface area contributed by atoms with Gasteiger partial charge in [-0.3, -0.25) is 15.0 Å². The van der Waals surface area contributed by atoms with E-state index in [1.54, 1.807) is 50.6 Å². The summed E-state index contributed by atoms with van der Waals surface area (Å²) in [5.74, 6) is 0.432. The predicted octanol–water partition coefficient (Wildman–Crippen LogP) is 3.56. The number of aryl methyl sites for hydroxylation is 1. The number of thiocarbonyl (C=S) groups is 1. The Morgan fingerprint density at radius 2 is 1.93 bits per heavy atom. The molecule has 0 unspecified atom stereocenters. The third kappa shape index (κ3) is 4.02. The van der Waals surface area contributed by atoms with Crippen LogP contribution in [0.25, 0.3) is 6.08 Å². The van der Waals surface area contributed by atoms with E-state index in [-0.39, 0.29) is 4.32 Å². The summed E-state index contributed by atoms with van der Waals surface area (Å²) >= 11 is 6.39. The van der Waals surface area contributed by atoms with Crippen LogP contribution >= 0.6 is 24.0 Å². The summed E-state index contributed by atoms with van der Waals surface area (Å²) < 4.78 is 10.8. The first-order valence-electron chi connectivity index (χ1n) is 8.31. The molecular formula is C20H18N2O4S2. The number of rotatable bonds is 5. The summed E-state index contributed by atoms with van der Waals surface area (Å²) in [7, 11) is 3.11. The largest absolute Gasteiger partial charge is 0.497 e. The van der Waals surface area contributed by atoms with Crippen LogP contribution in [-0.2, 0) is 4.79 Å². The summed E-state index contributed by atoms with van der Waals surface area (Å²) in [6.07, 6.45) is 1.67. The highest BCUT2D eigenvalue weighted by atomic mass is 32.2. The summed E-state index contributed by atoms with van der Waals surface area (Å²) in [4.78, 5) is 25.7. The van der Waals surface area contributed by atoms with Gasteiger partial charge in [0, 0.05) is 11.1 Å². The van der Waals surface area contributed by atoms with Gasteiger partial charge in [-0.25, -0.2) is 0 Å². The maximum Gasteiger partial charge on any atom is 0.285 e. The zero-order valence-corrected chi connectivity index (χ0v) is 17.1. The number of nitrogens with zero attached hydrogens (tertiary/aromatic N) is 1. The number of thioether (sulfide) groups is 1. The van der Waals surface area contributed by atoms with Crippen molar-refractivity contribution in [2.24, 2.45) is 0 Å². The second-order valence-electron chi connectivity index (χ2n) is 5.88. The number of benzene rings is 2. The van der Waals surface area contributed by atoms with Crippen molar-refractivity contribution in [3.8, 4) is 11.5 Å². The van der Waals surface area contributed by atoms with Crippen molar-refractivity contribution < 1.29 is 19.1 Å². The van der Waals surface area contributed by atoms with Gasteiger partial charge in [0.2, 0.25) is 0 Å². The standard InChI is InChI=1S/C20H18N2O4S2/c1-12-6-4-5-7-15(12)18(23)21-22-19(24)17(28-20(22)27)11-13-10-14(25-2)8-9-16(13)26-3/h4-11H,1-3H3,(H,21,23)/b17-11-. The molecule has 0 aliphatic carbocycles. The van der Waals surface area contributed by atoms with E-state index in [9.17, 15) is 9.59 Å². The van der Waals surface area contributed by atoms with Gasteiger partial charge >= 0.3 is 0 Å². The molecule has 2 amide bonds. The second-order valence-corrected chi connectivity index (χ2v) is 7.56. The zero-order valence-electron chi connectivity index (χ0n) is 15.5. The van der Waals surface area contributed by atoms with E-state index in [1.165, 1.54) is 0 Å². The molecule has 1 saturated heterocycles. The molecule has 0 spiro atoms. The second kappa shape index (κ2) is 8.45. The summed E-state index contributed by atoms with van der Waals surface area (Å²) in [5.41, 5.74) is 4.55. The lowest BCUT2D eigenvalue weighted by molar-refractivity contribution is -0.123. The molecule has 1 N–H and O–H groups in total.